The lowest BCUT2D eigenvalue weighted by molar-refractivity contribution is 0.0937. The van der Waals surface area contributed by atoms with Gasteiger partial charge in [0.25, 0.3) is 0 Å². The molecule has 0 saturated heterocycles. The first-order valence-corrected chi connectivity index (χ1v) is 8.42. The Morgan fingerprint density at radius 2 is 2.22 bits per heavy atom. The van der Waals surface area contributed by atoms with Crippen LogP contribution >= 0.6 is 0 Å². The maximum absolute atomic E-state index is 14.8. The minimum Gasteiger partial charge on any atom is -0.433 e. The minimum atomic E-state index is -0.562. The van der Waals surface area contributed by atoms with E-state index < -0.39 is 18.1 Å². The molecule has 0 radical (unpaired) electrons. The van der Waals surface area contributed by atoms with E-state index in [1.54, 1.807) is 49.7 Å². The zero-order chi connectivity index (χ0) is 19.6. The van der Waals surface area contributed by atoms with Crippen molar-refractivity contribution in [1.82, 2.24) is 20.5 Å². The highest BCUT2D eigenvalue weighted by Gasteiger charge is 2.17. The van der Waals surface area contributed by atoms with Gasteiger partial charge in [-0.25, -0.2) is 9.18 Å². The fourth-order valence-corrected chi connectivity index (χ4v) is 2.80. The number of hydrogen-bond acceptors (Lipinski definition) is 6. The van der Waals surface area contributed by atoms with Crippen molar-refractivity contribution in [2.45, 2.75) is 13.1 Å². The quantitative estimate of drug-likeness (QED) is 0.535. The number of pyridine rings is 1. The molecule has 0 fully saturated rings. The Kier molecular flexibility index (Phi) is 5.27. The van der Waals surface area contributed by atoms with Gasteiger partial charge in [-0.2, -0.15) is 0 Å². The van der Waals surface area contributed by atoms with E-state index >= 15 is 0 Å². The van der Waals surface area contributed by atoms with E-state index in [0.717, 1.165) is 5.56 Å². The molecule has 1 amide bonds. The van der Waals surface area contributed by atoms with Crippen LogP contribution in [0.4, 0.5) is 14.9 Å². The Hall–Kier alpha value is -3.13. The number of aromatic nitrogens is 1. The number of nitrogens with two attached hydrogens (primary N) is 1. The summed E-state index contributed by atoms with van der Waals surface area (Å²) >= 11 is 0. The van der Waals surface area contributed by atoms with E-state index in [-0.39, 0.29) is 12.4 Å². The fourth-order valence-electron chi connectivity index (χ4n) is 2.80. The second-order valence-electron chi connectivity index (χ2n) is 6.59. The summed E-state index contributed by atoms with van der Waals surface area (Å²) in [6, 6.07) is 3.52. The van der Waals surface area contributed by atoms with Gasteiger partial charge in [0.05, 0.1) is 5.69 Å². The molecule has 0 saturated carbocycles. The van der Waals surface area contributed by atoms with Gasteiger partial charge in [0, 0.05) is 34.9 Å². The van der Waals surface area contributed by atoms with Crippen LogP contribution in [0.15, 0.2) is 24.5 Å². The zero-order valence-corrected chi connectivity index (χ0v) is 15.4. The van der Waals surface area contributed by atoms with Crippen molar-refractivity contribution in [3.8, 4) is 11.1 Å². The molecule has 2 heterocycles. The lowest BCUT2D eigenvalue weighted by atomic mass is 9.99. The molecule has 1 aliphatic heterocycles. The number of carbonyl (C=O) groups excluding carboxylic acids is 1. The number of amides is 1. The Labute approximate surface area is 156 Å². The second-order valence-corrected chi connectivity index (χ2v) is 6.59. The minimum absolute atomic E-state index is 0.0446. The van der Waals surface area contributed by atoms with Crippen LogP contribution in [0.3, 0.4) is 0 Å². The molecule has 0 aliphatic carbocycles. The molecule has 1 aromatic carbocycles. The van der Waals surface area contributed by atoms with Crippen LogP contribution in [0, 0.1) is 12.7 Å². The van der Waals surface area contributed by atoms with Gasteiger partial charge in [-0.05, 0) is 50.0 Å². The van der Waals surface area contributed by atoms with Gasteiger partial charge in [0.1, 0.15) is 12.9 Å². The van der Waals surface area contributed by atoms with Gasteiger partial charge in [-0.1, -0.05) is 0 Å². The molecular weight excluding hydrogens is 349 g/mol. The average molecular weight is 371 g/mol. The number of halogens is 1. The highest BCUT2D eigenvalue weighted by Crippen LogP contribution is 2.25. The second kappa shape index (κ2) is 7.63. The summed E-state index contributed by atoms with van der Waals surface area (Å²) in [6.45, 7) is 2.05. The lowest BCUT2D eigenvalue weighted by Crippen LogP contribution is -2.49. The standard InChI is InChI=1S/C19H22FN5O2/c1-11-4-5-22-8-14(11)13-6-12-7-16(24-19(26)27-10-25(2)3)23-9-15(12)18(21)17(13)20/h4-9,16,23H,10,21H2,1-3H3,(H,24,26). The first kappa shape index (κ1) is 18.7. The smallest absolute Gasteiger partial charge is 0.410 e. The number of nitrogens with zero attached hydrogens (tertiary/aromatic N) is 2. The molecule has 142 valence electrons. The van der Waals surface area contributed by atoms with Crippen LogP contribution in [0.1, 0.15) is 5.56 Å². The summed E-state index contributed by atoms with van der Waals surface area (Å²) < 4.78 is 19.9. The van der Waals surface area contributed by atoms with Crippen LogP contribution in [0.25, 0.3) is 23.4 Å². The number of fused-ring (bicyclic) bond motifs is 1. The zero-order valence-electron chi connectivity index (χ0n) is 15.4. The third-order valence-corrected chi connectivity index (χ3v) is 4.18. The number of anilines is 1. The largest absolute Gasteiger partial charge is 0.433 e. The Balaban J connectivity index is 1.95. The molecule has 0 spiro atoms. The van der Waals surface area contributed by atoms with Crippen molar-refractivity contribution >= 4 is 24.1 Å². The number of rotatable bonds is 4. The van der Waals surface area contributed by atoms with Crippen LogP contribution in [0.2, 0.25) is 0 Å². The van der Waals surface area contributed by atoms with E-state index in [9.17, 15) is 9.18 Å². The highest BCUT2D eigenvalue weighted by molar-refractivity contribution is 5.73. The first-order valence-electron chi connectivity index (χ1n) is 8.42. The van der Waals surface area contributed by atoms with Crippen molar-refractivity contribution in [3.05, 3.63) is 46.3 Å². The van der Waals surface area contributed by atoms with Crippen molar-refractivity contribution in [3.63, 3.8) is 0 Å². The molecule has 1 atom stereocenters. The number of carbonyl (C=O) groups is 1. The van der Waals surface area contributed by atoms with E-state index in [1.807, 2.05) is 13.0 Å². The van der Waals surface area contributed by atoms with Gasteiger partial charge < -0.3 is 15.8 Å². The van der Waals surface area contributed by atoms with Crippen LogP contribution < -0.4 is 26.8 Å². The number of aryl methyl sites for hydroxylation is 1. The van der Waals surface area contributed by atoms with Crippen molar-refractivity contribution < 1.29 is 13.9 Å². The van der Waals surface area contributed by atoms with Crippen LogP contribution in [-0.2, 0) is 4.74 Å². The molecule has 1 aromatic heterocycles. The number of ether oxygens (including phenoxy) is 1. The molecule has 1 aliphatic rings. The molecule has 0 bridgehead atoms. The fraction of sp³-hybridized carbons (Fsp3) is 0.263. The number of nitrogen functional groups attached to an aromatic ring is 1. The number of nitrogens with one attached hydrogen (secondary N) is 2. The molecule has 8 heteroatoms. The molecule has 27 heavy (non-hydrogen) atoms. The third kappa shape index (κ3) is 4.01. The number of alkyl carbamates (subject to hydrolysis) is 1. The topological polar surface area (TPSA) is 92.5 Å². The Bertz CT molecular complexity index is 990. The summed E-state index contributed by atoms with van der Waals surface area (Å²) in [5.41, 5.74) is 8.00. The lowest BCUT2D eigenvalue weighted by Gasteiger charge is -2.20. The molecule has 3 rings (SSSR count). The predicted octanol–water partition coefficient (Wildman–Crippen LogP) is 0.471. The van der Waals surface area contributed by atoms with E-state index in [4.69, 9.17) is 10.5 Å². The molecule has 4 N–H and O–H groups in total. The Morgan fingerprint density at radius 1 is 1.44 bits per heavy atom. The SMILES string of the molecule is Cc1ccncc1-c1cc2c(c(N)c1F)=CNC(NC(=O)OCN(C)C)C=2. The van der Waals surface area contributed by atoms with Crippen LogP contribution in [0.5, 0.6) is 0 Å². The summed E-state index contributed by atoms with van der Waals surface area (Å²) in [5.74, 6) is -0.492. The molecule has 2 aromatic rings. The van der Waals surface area contributed by atoms with Gasteiger partial charge in [-0.15, -0.1) is 0 Å². The molecular formula is C19H22FN5O2. The maximum atomic E-state index is 14.8. The van der Waals surface area contributed by atoms with Crippen molar-refractivity contribution in [1.29, 1.82) is 0 Å². The van der Waals surface area contributed by atoms with E-state index in [2.05, 4.69) is 15.6 Å². The highest BCUT2D eigenvalue weighted by atomic mass is 19.1. The number of benzene rings is 1. The van der Waals surface area contributed by atoms with E-state index in [0.29, 0.717) is 21.6 Å². The van der Waals surface area contributed by atoms with Crippen LogP contribution in [-0.4, -0.2) is 43.0 Å². The van der Waals surface area contributed by atoms with Gasteiger partial charge >= 0.3 is 6.09 Å². The van der Waals surface area contributed by atoms with Crippen molar-refractivity contribution in [2.24, 2.45) is 0 Å². The first-order chi connectivity index (χ1) is 12.9. The van der Waals surface area contributed by atoms with Gasteiger partial charge in [-0.3, -0.25) is 15.2 Å². The summed E-state index contributed by atoms with van der Waals surface area (Å²) in [4.78, 5) is 17.7. The Morgan fingerprint density at radius 3 is 2.93 bits per heavy atom. The summed E-state index contributed by atoms with van der Waals surface area (Å²) in [6.07, 6.45) is 5.55. The van der Waals surface area contributed by atoms with E-state index in [1.165, 1.54) is 0 Å². The summed E-state index contributed by atoms with van der Waals surface area (Å²) in [7, 11) is 3.59. The number of hydrogen-bond donors (Lipinski definition) is 3. The van der Waals surface area contributed by atoms with Crippen molar-refractivity contribution in [2.75, 3.05) is 26.6 Å². The monoisotopic (exact) mass is 371 g/mol. The third-order valence-electron chi connectivity index (χ3n) is 4.18. The maximum Gasteiger partial charge on any atom is 0.410 e. The average Bonchev–Trinajstić information content (AvgIpc) is 2.63. The van der Waals surface area contributed by atoms with Gasteiger partial charge in [0.2, 0.25) is 0 Å². The normalized spacial score (nSPS) is 15.2. The summed E-state index contributed by atoms with van der Waals surface area (Å²) in [5, 5.41) is 6.91. The van der Waals surface area contributed by atoms with Gasteiger partial charge in [0.15, 0.2) is 5.82 Å². The molecule has 7 nitrogen and oxygen atoms in total. The molecule has 1 unspecified atom stereocenters. The predicted molar refractivity (Wildman–Crippen MR) is 102 cm³/mol.